The predicted octanol–water partition coefficient (Wildman–Crippen LogP) is 5.61. The van der Waals surface area contributed by atoms with E-state index in [0.29, 0.717) is 0 Å². The van der Waals surface area contributed by atoms with E-state index in [0.717, 1.165) is 31.7 Å². The van der Waals surface area contributed by atoms with Gasteiger partial charge in [-0.25, -0.2) is 0 Å². The zero-order valence-electron chi connectivity index (χ0n) is 16.4. The van der Waals surface area contributed by atoms with Crippen LogP contribution in [-0.2, 0) is 19.7 Å². The third-order valence-corrected chi connectivity index (χ3v) is 7.58. The van der Waals surface area contributed by atoms with E-state index in [1.165, 1.54) is 5.56 Å². The molecule has 0 aliphatic heterocycles. The van der Waals surface area contributed by atoms with Gasteiger partial charge in [0.1, 0.15) is 0 Å². The lowest BCUT2D eigenvalue weighted by Crippen LogP contribution is -2.51. The third-order valence-electron chi connectivity index (χ3n) is 4.43. The molecule has 24 heavy (non-hydrogen) atoms. The molecule has 1 aromatic rings. The van der Waals surface area contributed by atoms with Crippen LogP contribution in [0.1, 0.15) is 66.4 Å². The Morgan fingerprint density at radius 3 is 1.54 bits per heavy atom. The summed E-state index contributed by atoms with van der Waals surface area (Å²) in [5.41, 5.74) is 1.31. The second kappa shape index (κ2) is 11.0. The van der Waals surface area contributed by atoms with Gasteiger partial charge in [-0.1, -0.05) is 51.1 Å². The van der Waals surface area contributed by atoms with Gasteiger partial charge in [-0.3, -0.25) is 0 Å². The van der Waals surface area contributed by atoms with Crippen molar-refractivity contribution in [1.82, 2.24) is 0 Å². The summed E-state index contributed by atoms with van der Waals surface area (Å²) in [4.78, 5) is 0. The van der Waals surface area contributed by atoms with Crippen molar-refractivity contribution < 1.29 is 13.3 Å². The van der Waals surface area contributed by atoms with E-state index < -0.39 is 8.80 Å². The zero-order chi connectivity index (χ0) is 18.0. The highest BCUT2D eigenvalue weighted by Gasteiger charge is 2.44. The van der Waals surface area contributed by atoms with Gasteiger partial charge in [0.25, 0.3) is 0 Å². The van der Waals surface area contributed by atoms with Crippen LogP contribution in [-0.4, -0.2) is 27.1 Å². The molecule has 0 aliphatic rings. The first-order valence-corrected chi connectivity index (χ1v) is 11.4. The highest BCUT2D eigenvalue weighted by molar-refractivity contribution is 6.60. The molecule has 0 fully saturated rings. The smallest absolute Gasteiger partial charge is 0.371 e. The lowest BCUT2D eigenvalue weighted by atomic mass is 10.2. The second-order valence-electron chi connectivity index (χ2n) is 6.68. The molecule has 3 unspecified atom stereocenters. The molecule has 0 aliphatic carbocycles. The first-order valence-electron chi connectivity index (χ1n) is 9.52. The normalized spacial score (nSPS) is 17.9. The van der Waals surface area contributed by atoms with E-state index in [4.69, 9.17) is 13.3 Å². The molecular formula is C20H36O3Si. The molecule has 0 spiro atoms. The van der Waals surface area contributed by atoms with Crippen LogP contribution in [0, 0.1) is 0 Å². The standard InChI is InChI=1S/C20H36O3Si/c1-7-17(4)21-24(22-18(5)8-2,23-19(6)9-3)16-15-20-13-11-10-12-14-20/h10-14,17-19H,7-9,15-16H2,1-6H3. The van der Waals surface area contributed by atoms with Crippen LogP contribution in [0.5, 0.6) is 0 Å². The summed E-state index contributed by atoms with van der Waals surface area (Å²) in [6, 6.07) is 11.4. The van der Waals surface area contributed by atoms with Crippen LogP contribution in [0.3, 0.4) is 0 Å². The molecule has 0 bridgehead atoms. The van der Waals surface area contributed by atoms with Gasteiger partial charge >= 0.3 is 8.80 Å². The molecule has 1 rings (SSSR count). The van der Waals surface area contributed by atoms with Crippen LogP contribution in [0.15, 0.2) is 30.3 Å². The average molecular weight is 353 g/mol. The second-order valence-corrected chi connectivity index (χ2v) is 9.25. The maximum Gasteiger partial charge on any atom is 0.501 e. The Morgan fingerprint density at radius 1 is 0.750 bits per heavy atom. The SMILES string of the molecule is CCC(C)O[Si](CCc1ccccc1)(OC(C)CC)OC(C)CC. The molecule has 138 valence electrons. The molecule has 3 atom stereocenters. The monoisotopic (exact) mass is 352 g/mol. The fraction of sp³-hybridized carbons (Fsp3) is 0.700. The molecule has 3 nitrogen and oxygen atoms in total. The van der Waals surface area contributed by atoms with Gasteiger partial charge in [0.05, 0.1) is 0 Å². The van der Waals surface area contributed by atoms with Crippen molar-refractivity contribution >= 4 is 8.80 Å². The van der Waals surface area contributed by atoms with Crippen molar-refractivity contribution in [1.29, 1.82) is 0 Å². The Bertz CT molecular complexity index is 406. The first-order chi connectivity index (χ1) is 11.4. The fourth-order valence-corrected chi connectivity index (χ4v) is 5.83. The van der Waals surface area contributed by atoms with E-state index in [1.807, 2.05) is 0 Å². The van der Waals surface area contributed by atoms with Gasteiger partial charge in [-0.2, -0.15) is 0 Å². The van der Waals surface area contributed by atoms with Gasteiger partial charge in [0, 0.05) is 24.4 Å². The summed E-state index contributed by atoms with van der Waals surface area (Å²) in [5, 5.41) is 0. The minimum Gasteiger partial charge on any atom is -0.371 e. The van der Waals surface area contributed by atoms with Gasteiger partial charge in [0.15, 0.2) is 0 Å². The summed E-state index contributed by atoms with van der Waals surface area (Å²) < 4.78 is 19.3. The van der Waals surface area contributed by atoms with Crippen molar-refractivity contribution in [2.24, 2.45) is 0 Å². The van der Waals surface area contributed by atoms with Crippen molar-refractivity contribution in [2.45, 2.75) is 91.6 Å². The van der Waals surface area contributed by atoms with E-state index in [-0.39, 0.29) is 18.3 Å². The molecule has 0 N–H and O–H groups in total. The molecule has 0 aromatic heterocycles. The summed E-state index contributed by atoms with van der Waals surface area (Å²) in [6.07, 6.45) is 4.29. The lowest BCUT2D eigenvalue weighted by Gasteiger charge is -2.36. The topological polar surface area (TPSA) is 27.7 Å². The van der Waals surface area contributed by atoms with Crippen LogP contribution >= 0.6 is 0 Å². The summed E-state index contributed by atoms with van der Waals surface area (Å²) in [6.45, 7) is 12.8. The number of benzene rings is 1. The molecule has 0 saturated heterocycles. The van der Waals surface area contributed by atoms with E-state index in [1.54, 1.807) is 0 Å². The van der Waals surface area contributed by atoms with Crippen molar-refractivity contribution in [3.8, 4) is 0 Å². The van der Waals surface area contributed by atoms with E-state index in [2.05, 4.69) is 71.9 Å². The number of hydrogen-bond acceptors (Lipinski definition) is 3. The summed E-state index contributed by atoms with van der Waals surface area (Å²) in [5.74, 6) is 0. The molecule has 0 amide bonds. The van der Waals surface area contributed by atoms with Crippen LogP contribution in [0.4, 0.5) is 0 Å². The highest BCUT2D eigenvalue weighted by atomic mass is 28.4. The minimum atomic E-state index is -2.73. The Morgan fingerprint density at radius 2 is 1.17 bits per heavy atom. The summed E-state index contributed by atoms with van der Waals surface area (Å²) in [7, 11) is -2.73. The average Bonchev–Trinajstić information content (AvgIpc) is 2.60. The number of hydrogen-bond donors (Lipinski definition) is 0. The van der Waals surface area contributed by atoms with Gasteiger partial charge in [-0.15, -0.1) is 0 Å². The first kappa shape index (κ1) is 21.4. The van der Waals surface area contributed by atoms with Crippen molar-refractivity contribution in [2.75, 3.05) is 0 Å². The van der Waals surface area contributed by atoms with Gasteiger partial charge < -0.3 is 13.3 Å². The van der Waals surface area contributed by atoms with Crippen LogP contribution in [0.2, 0.25) is 6.04 Å². The summed E-state index contributed by atoms with van der Waals surface area (Å²) >= 11 is 0. The van der Waals surface area contributed by atoms with Gasteiger partial charge in [-0.05, 0) is 52.0 Å². The Labute approximate surface area is 150 Å². The maximum absolute atomic E-state index is 6.45. The maximum atomic E-state index is 6.45. The lowest BCUT2D eigenvalue weighted by molar-refractivity contribution is -0.0107. The predicted molar refractivity (Wildman–Crippen MR) is 103 cm³/mol. The van der Waals surface area contributed by atoms with E-state index >= 15 is 0 Å². The van der Waals surface area contributed by atoms with Crippen LogP contribution in [0.25, 0.3) is 0 Å². The minimum absolute atomic E-state index is 0.153. The quantitative estimate of drug-likeness (QED) is 0.457. The van der Waals surface area contributed by atoms with E-state index in [9.17, 15) is 0 Å². The van der Waals surface area contributed by atoms with Crippen molar-refractivity contribution in [3.63, 3.8) is 0 Å². The third kappa shape index (κ3) is 7.47. The number of aryl methyl sites for hydroxylation is 1. The highest BCUT2D eigenvalue weighted by Crippen LogP contribution is 2.26. The molecule has 0 saturated carbocycles. The molecular weight excluding hydrogens is 316 g/mol. The molecule has 4 heteroatoms. The molecule has 0 heterocycles. The van der Waals surface area contributed by atoms with Crippen molar-refractivity contribution in [3.05, 3.63) is 35.9 Å². The zero-order valence-corrected chi connectivity index (χ0v) is 17.4. The largest absolute Gasteiger partial charge is 0.501 e. The van der Waals surface area contributed by atoms with Crippen LogP contribution < -0.4 is 0 Å². The Hall–Kier alpha value is -0.683. The Balaban J connectivity index is 2.96. The molecule has 1 aromatic carbocycles. The fourth-order valence-electron chi connectivity index (χ4n) is 2.37. The van der Waals surface area contributed by atoms with Gasteiger partial charge in [0.2, 0.25) is 0 Å². The Kier molecular flexibility index (Phi) is 9.82. The number of rotatable bonds is 12. The molecule has 0 radical (unpaired) electrons.